The Kier molecular flexibility index (Phi) is 6.29. The molecule has 0 aliphatic rings. The van der Waals surface area contributed by atoms with E-state index in [1.807, 2.05) is 49.4 Å². The van der Waals surface area contributed by atoms with Gasteiger partial charge in [-0.1, -0.05) is 45.8 Å². The first-order valence-corrected chi connectivity index (χ1v) is 12.7. The van der Waals surface area contributed by atoms with E-state index in [1.54, 1.807) is 12.4 Å². The van der Waals surface area contributed by atoms with Crippen LogP contribution in [0.3, 0.4) is 0 Å². The lowest BCUT2D eigenvalue weighted by Gasteiger charge is -2.03. The van der Waals surface area contributed by atoms with Gasteiger partial charge in [-0.2, -0.15) is 0 Å². The molecular formula is C27H21BrN2O5S. The van der Waals surface area contributed by atoms with Crippen LogP contribution in [0.5, 0.6) is 5.75 Å². The number of carboxylic acids is 1. The third-order valence-corrected chi connectivity index (χ3v) is 7.82. The highest BCUT2D eigenvalue weighted by Gasteiger charge is 2.30. The van der Waals surface area contributed by atoms with E-state index in [4.69, 9.17) is 0 Å². The van der Waals surface area contributed by atoms with Gasteiger partial charge in [0.1, 0.15) is 15.5 Å². The molecule has 0 saturated heterocycles. The lowest BCUT2D eigenvalue weighted by molar-refractivity contribution is 0.0702. The predicted octanol–water partition coefficient (Wildman–Crippen LogP) is 6.26. The van der Waals surface area contributed by atoms with Crippen LogP contribution in [-0.4, -0.2) is 43.6 Å². The number of aliphatic hydroxyl groups excluding tert-OH is 1. The Balaban J connectivity index is 1.63. The molecule has 0 radical (unpaired) electrons. The fraction of sp³-hybridized carbons (Fsp3) is 0.111. The summed E-state index contributed by atoms with van der Waals surface area (Å²) in [5.74, 6) is -2.03. The van der Waals surface area contributed by atoms with Gasteiger partial charge >= 0.3 is 5.97 Å². The van der Waals surface area contributed by atoms with Crippen LogP contribution >= 0.6 is 27.3 Å². The Hall–Kier alpha value is -3.66. The van der Waals surface area contributed by atoms with E-state index in [0.29, 0.717) is 22.9 Å². The summed E-state index contributed by atoms with van der Waals surface area (Å²) in [7, 11) is 0. The summed E-state index contributed by atoms with van der Waals surface area (Å²) < 4.78 is 0.803. The van der Waals surface area contributed by atoms with E-state index in [2.05, 4.69) is 25.9 Å². The van der Waals surface area contributed by atoms with Gasteiger partial charge in [-0.05, 0) is 37.1 Å². The molecule has 5 rings (SSSR count). The number of ketones is 1. The van der Waals surface area contributed by atoms with Crippen molar-refractivity contribution in [2.45, 2.75) is 13.3 Å². The van der Waals surface area contributed by atoms with Gasteiger partial charge in [0.05, 0.1) is 12.2 Å². The molecule has 0 aliphatic heterocycles. The SMILES string of the molecule is C/C(=C\Cc1cccc2c(C(=O)c3sc(C(=O)O)c(-c4c[nH]c5ccc(Br)cc45)c3O)c[nH]c12)CO. The zero-order valence-electron chi connectivity index (χ0n) is 19.1. The van der Waals surface area contributed by atoms with Crippen molar-refractivity contribution in [2.75, 3.05) is 6.61 Å². The highest BCUT2D eigenvalue weighted by molar-refractivity contribution is 9.10. The number of benzene rings is 2. The Morgan fingerprint density at radius 2 is 1.89 bits per heavy atom. The number of para-hydroxylation sites is 1. The van der Waals surface area contributed by atoms with E-state index in [9.17, 15) is 24.9 Å². The van der Waals surface area contributed by atoms with Crippen molar-refractivity contribution in [3.05, 3.63) is 85.8 Å². The fourth-order valence-corrected chi connectivity index (χ4v) is 5.69. The van der Waals surface area contributed by atoms with Crippen molar-refractivity contribution in [1.29, 1.82) is 0 Å². The molecule has 3 aromatic heterocycles. The van der Waals surface area contributed by atoms with Crippen molar-refractivity contribution >= 4 is 60.8 Å². The number of H-pyrrole nitrogens is 2. The maximum Gasteiger partial charge on any atom is 0.346 e. The Morgan fingerprint density at radius 1 is 1.08 bits per heavy atom. The van der Waals surface area contributed by atoms with E-state index in [-0.39, 0.29) is 27.7 Å². The van der Waals surface area contributed by atoms with Crippen LogP contribution in [0.2, 0.25) is 0 Å². The van der Waals surface area contributed by atoms with Crippen LogP contribution in [0.25, 0.3) is 32.9 Å². The molecule has 5 aromatic rings. The minimum atomic E-state index is -1.22. The molecule has 0 aliphatic carbocycles. The second-order valence-electron chi connectivity index (χ2n) is 8.47. The molecule has 5 N–H and O–H groups in total. The molecule has 0 fully saturated rings. The largest absolute Gasteiger partial charge is 0.506 e. The van der Waals surface area contributed by atoms with E-state index < -0.39 is 11.8 Å². The highest BCUT2D eigenvalue weighted by Crippen LogP contribution is 2.46. The van der Waals surface area contributed by atoms with Gasteiger partial charge in [0, 0.05) is 49.8 Å². The number of aromatic amines is 2. The van der Waals surface area contributed by atoms with Crippen molar-refractivity contribution < 1.29 is 24.9 Å². The second-order valence-corrected chi connectivity index (χ2v) is 10.4. The molecule has 0 atom stereocenters. The number of allylic oxidation sites excluding steroid dienone is 1. The summed E-state index contributed by atoms with van der Waals surface area (Å²) in [6, 6.07) is 11.1. The van der Waals surface area contributed by atoms with Gasteiger partial charge in [-0.3, -0.25) is 4.79 Å². The molecule has 36 heavy (non-hydrogen) atoms. The van der Waals surface area contributed by atoms with Crippen molar-refractivity contribution in [1.82, 2.24) is 9.97 Å². The summed E-state index contributed by atoms with van der Waals surface area (Å²) in [6.45, 7) is 1.82. The minimum absolute atomic E-state index is 0.0241. The average Bonchev–Trinajstić information content (AvgIpc) is 3.57. The lowest BCUT2D eigenvalue weighted by Crippen LogP contribution is -1.98. The van der Waals surface area contributed by atoms with E-state index >= 15 is 0 Å². The summed E-state index contributed by atoms with van der Waals surface area (Å²) in [5.41, 5.74) is 4.31. The number of fused-ring (bicyclic) bond motifs is 2. The molecule has 0 unspecified atom stereocenters. The van der Waals surface area contributed by atoms with Gasteiger partial charge in [0.15, 0.2) is 0 Å². The molecule has 2 aromatic carbocycles. The number of aromatic nitrogens is 2. The number of thiophene rings is 1. The molecule has 7 nitrogen and oxygen atoms in total. The number of aliphatic hydroxyl groups is 1. The lowest BCUT2D eigenvalue weighted by atomic mass is 10.0. The summed E-state index contributed by atoms with van der Waals surface area (Å²) in [4.78, 5) is 31.9. The molecule has 3 heterocycles. The molecular weight excluding hydrogens is 544 g/mol. The Labute approximate surface area is 217 Å². The van der Waals surface area contributed by atoms with Gasteiger partial charge < -0.3 is 25.3 Å². The van der Waals surface area contributed by atoms with Crippen LogP contribution < -0.4 is 0 Å². The highest BCUT2D eigenvalue weighted by atomic mass is 79.9. The zero-order valence-corrected chi connectivity index (χ0v) is 21.5. The number of hydrogen-bond acceptors (Lipinski definition) is 5. The number of carboxylic acid groups (broad SMARTS) is 1. The third-order valence-electron chi connectivity index (χ3n) is 6.16. The fourth-order valence-electron chi connectivity index (χ4n) is 4.32. The van der Waals surface area contributed by atoms with Gasteiger partial charge in [0.25, 0.3) is 0 Å². The summed E-state index contributed by atoms with van der Waals surface area (Å²) >= 11 is 4.20. The molecule has 0 amide bonds. The number of nitrogens with one attached hydrogen (secondary N) is 2. The normalized spacial score (nSPS) is 12.0. The predicted molar refractivity (Wildman–Crippen MR) is 144 cm³/mol. The van der Waals surface area contributed by atoms with Crippen LogP contribution in [0.15, 0.2) is 64.9 Å². The van der Waals surface area contributed by atoms with E-state index in [0.717, 1.165) is 43.4 Å². The quantitative estimate of drug-likeness (QED) is 0.118. The number of halogens is 1. The minimum Gasteiger partial charge on any atom is -0.506 e. The van der Waals surface area contributed by atoms with E-state index in [1.165, 1.54) is 0 Å². The Morgan fingerprint density at radius 3 is 2.64 bits per heavy atom. The Bertz CT molecular complexity index is 1690. The third kappa shape index (κ3) is 4.05. The average molecular weight is 565 g/mol. The topological polar surface area (TPSA) is 126 Å². The second kappa shape index (κ2) is 9.42. The monoisotopic (exact) mass is 564 g/mol. The van der Waals surface area contributed by atoms with Crippen LogP contribution in [0.1, 0.15) is 37.4 Å². The molecule has 0 saturated carbocycles. The van der Waals surface area contributed by atoms with Crippen molar-refractivity contribution in [3.63, 3.8) is 0 Å². The number of aromatic carboxylic acids is 1. The van der Waals surface area contributed by atoms with Crippen molar-refractivity contribution in [3.8, 4) is 16.9 Å². The first kappa shape index (κ1) is 24.1. The maximum atomic E-state index is 13.6. The van der Waals surface area contributed by atoms with Crippen molar-refractivity contribution in [2.24, 2.45) is 0 Å². The van der Waals surface area contributed by atoms with Gasteiger partial charge in [-0.25, -0.2) is 4.79 Å². The van der Waals surface area contributed by atoms with Crippen LogP contribution in [0.4, 0.5) is 0 Å². The number of carbonyl (C=O) groups excluding carboxylic acids is 1. The van der Waals surface area contributed by atoms with Crippen LogP contribution in [0, 0.1) is 0 Å². The first-order valence-electron chi connectivity index (χ1n) is 11.1. The summed E-state index contributed by atoms with van der Waals surface area (Å²) in [6.07, 6.45) is 5.72. The molecule has 0 bridgehead atoms. The number of hydrogen-bond donors (Lipinski definition) is 5. The summed E-state index contributed by atoms with van der Waals surface area (Å²) in [5, 5.41) is 31.8. The first-order chi connectivity index (χ1) is 17.3. The van der Waals surface area contributed by atoms with Crippen LogP contribution in [-0.2, 0) is 6.42 Å². The molecule has 0 spiro atoms. The maximum absolute atomic E-state index is 13.6. The number of aromatic hydroxyl groups is 1. The standard InChI is InChI=1S/C27H21BrN2O5S/c1-13(12-31)5-6-14-3-2-4-16-19(11-30-22(14)16)23(32)26-24(33)21(25(36-26)27(34)35)18-10-29-20-8-7-15(28)9-17(18)20/h2-5,7-11,29-31,33H,6,12H2,1H3,(H,34,35)/b13-5+. The number of rotatable bonds is 7. The smallest absolute Gasteiger partial charge is 0.346 e. The zero-order chi connectivity index (χ0) is 25.6. The number of carbonyl (C=O) groups is 2. The van der Waals surface area contributed by atoms with Gasteiger partial charge in [-0.15, -0.1) is 11.3 Å². The molecule has 182 valence electrons. The van der Waals surface area contributed by atoms with Gasteiger partial charge in [0.2, 0.25) is 5.78 Å². The molecule has 9 heteroatoms.